The van der Waals surface area contributed by atoms with Crippen LogP contribution >= 0.6 is 0 Å². The van der Waals surface area contributed by atoms with E-state index >= 15 is 0 Å². The standard InChI is InChI=1S/C20H20N2O4/c1-13-5-4-6-18(14(13)2)25-12-19(23)26-15(3)20(24)22-17-9-7-16(11-21)8-10-17/h4-10,15H,12H2,1-3H3,(H,22,24)/t15-/m1/s1. The number of hydrogen-bond acceptors (Lipinski definition) is 5. The highest BCUT2D eigenvalue weighted by Crippen LogP contribution is 2.20. The second kappa shape index (κ2) is 8.67. The number of nitrogens with zero attached hydrogens (tertiary/aromatic N) is 1. The molecular weight excluding hydrogens is 332 g/mol. The van der Waals surface area contributed by atoms with Crippen molar-refractivity contribution in [2.45, 2.75) is 26.9 Å². The molecule has 0 bridgehead atoms. The number of carbonyl (C=O) groups excluding carboxylic acids is 2. The van der Waals surface area contributed by atoms with E-state index in [2.05, 4.69) is 5.32 Å². The minimum Gasteiger partial charge on any atom is -0.482 e. The first kappa shape index (κ1) is 19.0. The Balaban J connectivity index is 1.84. The lowest BCUT2D eigenvalue weighted by atomic mass is 10.1. The van der Waals surface area contributed by atoms with Crippen LogP contribution in [-0.2, 0) is 14.3 Å². The van der Waals surface area contributed by atoms with Gasteiger partial charge in [0.15, 0.2) is 12.7 Å². The number of nitriles is 1. The smallest absolute Gasteiger partial charge is 0.344 e. The summed E-state index contributed by atoms with van der Waals surface area (Å²) in [5, 5.41) is 11.4. The van der Waals surface area contributed by atoms with Gasteiger partial charge in [0.25, 0.3) is 5.91 Å². The van der Waals surface area contributed by atoms with Gasteiger partial charge in [0.1, 0.15) is 5.75 Å². The summed E-state index contributed by atoms with van der Waals surface area (Å²) in [6.45, 7) is 5.06. The van der Waals surface area contributed by atoms with Crippen LogP contribution in [0.4, 0.5) is 5.69 Å². The highest BCUT2D eigenvalue weighted by Gasteiger charge is 2.18. The maximum Gasteiger partial charge on any atom is 0.344 e. The highest BCUT2D eigenvalue weighted by atomic mass is 16.6. The number of rotatable bonds is 6. The van der Waals surface area contributed by atoms with Gasteiger partial charge in [-0.05, 0) is 62.2 Å². The fourth-order valence-electron chi connectivity index (χ4n) is 2.17. The van der Waals surface area contributed by atoms with Crippen LogP contribution in [0.1, 0.15) is 23.6 Å². The fourth-order valence-corrected chi connectivity index (χ4v) is 2.17. The molecule has 0 aliphatic rings. The number of amides is 1. The largest absolute Gasteiger partial charge is 0.482 e. The van der Waals surface area contributed by atoms with Gasteiger partial charge in [-0.3, -0.25) is 4.79 Å². The molecule has 0 heterocycles. The molecule has 6 nitrogen and oxygen atoms in total. The monoisotopic (exact) mass is 352 g/mol. The van der Waals surface area contributed by atoms with Crippen LogP contribution in [0.3, 0.4) is 0 Å². The molecule has 0 spiro atoms. The summed E-state index contributed by atoms with van der Waals surface area (Å²) in [6, 6.07) is 14.0. The quantitative estimate of drug-likeness (QED) is 0.807. The molecule has 6 heteroatoms. The van der Waals surface area contributed by atoms with E-state index in [1.807, 2.05) is 32.0 Å². The zero-order chi connectivity index (χ0) is 19.1. The van der Waals surface area contributed by atoms with Crippen molar-refractivity contribution in [3.05, 3.63) is 59.2 Å². The van der Waals surface area contributed by atoms with Gasteiger partial charge in [-0.15, -0.1) is 0 Å². The van der Waals surface area contributed by atoms with E-state index in [1.54, 1.807) is 30.3 Å². The Labute approximate surface area is 152 Å². The predicted molar refractivity (Wildman–Crippen MR) is 96.8 cm³/mol. The predicted octanol–water partition coefficient (Wildman–Crippen LogP) is 3.12. The molecule has 1 N–H and O–H groups in total. The average molecular weight is 352 g/mol. The summed E-state index contributed by atoms with van der Waals surface area (Å²) in [6.07, 6.45) is -0.972. The molecule has 2 rings (SSSR count). The van der Waals surface area contributed by atoms with Crippen molar-refractivity contribution in [2.75, 3.05) is 11.9 Å². The summed E-state index contributed by atoms with van der Waals surface area (Å²) in [5.74, 6) is -0.486. The SMILES string of the molecule is Cc1cccc(OCC(=O)O[C@H](C)C(=O)Nc2ccc(C#N)cc2)c1C. The van der Waals surface area contributed by atoms with Crippen molar-refractivity contribution in [1.29, 1.82) is 5.26 Å². The Morgan fingerprint density at radius 1 is 1.15 bits per heavy atom. The zero-order valence-corrected chi connectivity index (χ0v) is 14.9. The number of carbonyl (C=O) groups is 2. The fraction of sp³-hybridized carbons (Fsp3) is 0.250. The zero-order valence-electron chi connectivity index (χ0n) is 14.9. The molecule has 0 saturated heterocycles. The number of anilines is 1. The lowest BCUT2D eigenvalue weighted by Crippen LogP contribution is -2.31. The molecule has 134 valence electrons. The molecule has 2 aromatic rings. The molecule has 2 aromatic carbocycles. The number of aryl methyl sites for hydroxylation is 1. The van der Waals surface area contributed by atoms with Gasteiger partial charge in [0, 0.05) is 5.69 Å². The molecular formula is C20H20N2O4. The number of hydrogen-bond donors (Lipinski definition) is 1. The van der Waals surface area contributed by atoms with Crippen molar-refractivity contribution >= 4 is 17.6 Å². The van der Waals surface area contributed by atoms with Crippen LogP contribution in [0, 0.1) is 25.2 Å². The normalized spacial score (nSPS) is 11.2. The van der Waals surface area contributed by atoms with E-state index in [1.165, 1.54) is 6.92 Å². The molecule has 1 amide bonds. The Hall–Kier alpha value is -3.33. The molecule has 0 radical (unpaired) electrons. The van der Waals surface area contributed by atoms with Crippen molar-refractivity contribution in [3.8, 4) is 11.8 Å². The third-order valence-electron chi connectivity index (χ3n) is 3.86. The third kappa shape index (κ3) is 5.08. The van der Waals surface area contributed by atoms with Gasteiger partial charge >= 0.3 is 5.97 Å². The van der Waals surface area contributed by atoms with E-state index in [9.17, 15) is 9.59 Å². The van der Waals surface area contributed by atoms with Crippen molar-refractivity contribution in [3.63, 3.8) is 0 Å². The van der Waals surface area contributed by atoms with E-state index < -0.39 is 18.0 Å². The van der Waals surface area contributed by atoms with Gasteiger partial charge in [-0.2, -0.15) is 5.26 Å². The van der Waals surface area contributed by atoms with Crippen LogP contribution in [-0.4, -0.2) is 24.6 Å². The summed E-state index contributed by atoms with van der Waals surface area (Å²) in [4.78, 5) is 24.0. The maximum absolute atomic E-state index is 12.1. The van der Waals surface area contributed by atoms with E-state index in [0.29, 0.717) is 17.0 Å². The van der Waals surface area contributed by atoms with E-state index in [-0.39, 0.29) is 6.61 Å². The second-order valence-corrected chi connectivity index (χ2v) is 5.80. The Kier molecular flexibility index (Phi) is 6.34. The number of ether oxygens (including phenoxy) is 2. The van der Waals surface area contributed by atoms with Crippen LogP contribution < -0.4 is 10.1 Å². The molecule has 1 atom stereocenters. The first-order valence-corrected chi connectivity index (χ1v) is 8.10. The van der Waals surface area contributed by atoms with Gasteiger partial charge in [0.2, 0.25) is 0 Å². The number of nitrogens with one attached hydrogen (secondary N) is 1. The third-order valence-corrected chi connectivity index (χ3v) is 3.86. The van der Waals surface area contributed by atoms with Crippen molar-refractivity contribution < 1.29 is 19.1 Å². The Morgan fingerprint density at radius 2 is 1.85 bits per heavy atom. The molecule has 26 heavy (non-hydrogen) atoms. The molecule has 0 aliphatic carbocycles. The summed E-state index contributed by atoms with van der Waals surface area (Å²) in [5.41, 5.74) is 3.02. The summed E-state index contributed by atoms with van der Waals surface area (Å²) < 4.78 is 10.6. The van der Waals surface area contributed by atoms with Crippen LogP contribution in [0.2, 0.25) is 0 Å². The lowest BCUT2D eigenvalue weighted by molar-refractivity contribution is -0.155. The minimum absolute atomic E-state index is 0.279. The van der Waals surface area contributed by atoms with Crippen LogP contribution in [0.15, 0.2) is 42.5 Å². The Bertz CT molecular complexity index is 838. The second-order valence-electron chi connectivity index (χ2n) is 5.80. The van der Waals surface area contributed by atoms with Crippen molar-refractivity contribution in [2.24, 2.45) is 0 Å². The molecule has 0 aromatic heterocycles. The van der Waals surface area contributed by atoms with Crippen LogP contribution in [0.5, 0.6) is 5.75 Å². The first-order chi connectivity index (χ1) is 12.4. The van der Waals surface area contributed by atoms with Gasteiger partial charge in [-0.1, -0.05) is 12.1 Å². The van der Waals surface area contributed by atoms with Crippen LogP contribution in [0.25, 0.3) is 0 Å². The highest BCUT2D eigenvalue weighted by molar-refractivity contribution is 5.95. The minimum atomic E-state index is -0.972. The lowest BCUT2D eigenvalue weighted by Gasteiger charge is -2.15. The number of esters is 1. The van der Waals surface area contributed by atoms with Gasteiger partial charge < -0.3 is 14.8 Å². The van der Waals surface area contributed by atoms with E-state index in [4.69, 9.17) is 14.7 Å². The molecule has 0 unspecified atom stereocenters. The molecule has 0 fully saturated rings. The summed E-state index contributed by atoms with van der Waals surface area (Å²) >= 11 is 0. The van der Waals surface area contributed by atoms with Gasteiger partial charge in [0.05, 0.1) is 11.6 Å². The molecule has 0 aliphatic heterocycles. The van der Waals surface area contributed by atoms with Crippen molar-refractivity contribution in [1.82, 2.24) is 0 Å². The maximum atomic E-state index is 12.1. The van der Waals surface area contributed by atoms with E-state index in [0.717, 1.165) is 11.1 Å². The topological polar surface area (TPSA) is 88.4 Å². The molecule has 0 saturated carbocycles. The van der Waals surface area contributed by atoms with Gasteiger partial charge in [-0.25, -0.2) is 4.79 Å². The summed E-state index contributed by atoms with van der Waals surface area (Å²) in [7, 11) is 0. The first-order valence-electron chi connectivity index (χ1n) is 8.10. The Morgan fingerprint density at radius 3 is 2.50 bits per heavy atom. The average Bonchev–Trinajstić information content (AvgIpc) is 2.63. The number of benzene rings is 2.